The number of nitriles is 1. The van der Waals surface area contributed by atoms with Crippen LogP contribution in [0.3, 0.4) is 0 Å². The van der Waals surface area contributed by atoms with Gasteiger partial charge in [-0.1, -0.05) is 37.0 Å². The van der Waals surface area contributed by atoms with Crippen LogP contribution in [0.4, 0.5) is 32.2 Å². The van der Waals surface area contributed by atoms with Gasteiger partial charge in [-0.25, -0.2) is 9.58 Å². The molecule has 2 aromatic rings. The number of alkyl halides is 6. The van der Waals surface area contributed by atoms with Gasteiger partial charge in [0.2, 0.25) is 11.8 Å². The fourth-order valence-electron chi connectivity index (χ4n) is 2.70. The van der Waals surface area contributed by atoms with Crippen molar-refractivity contribution in [3.8, 4) is 11.8 Å². The summed E-state index contributed by atoms with van der Waals surface area (Å²) in [6.45, 7) is 2.63. The number of rotatable bonds is 4. The lowest BCUT2D eigenvalue weighted by Crippen LogP contribution is -2.38. The Bertz CT molecular complexity index is 1080. The summed E-state index contributed by atoms with van der Waals surface area (Å²) in [5.41, 5.74) is -4.96. The lowest BCUT2D eigenvalue weighted by atomic mass is 10.2. The van der Waals surface area contributed by atoms with Crippen LogP contribution in [0.25, 0.3) is 5.69 Å². The maximum Gasteiger partial charge on any atom is 0.436 e. The van der Waals surface area contributed by atoms with E-state index in [0.717, 1.165) is 0 Å². The van der Waals surface area contributed by atoms with Gasteiger partial charge in [-0.15, -0.1) is 0 Å². The average molecular weight is 501 g/mol. The molecule has 0 unspecified atom stereocenters. The van der Waals surface area contributed by atoms with Crippen LogP contribution in [0, 0.1) is 11.3 Å². The monoisotopic (exact) mass is 500 g/mol. The molecule has 32 heavy (non-hydrogen) atoms. The average Bonchev–Trinajstić information content (AvgIpc) is 3.05. The van der Waals surface area contributed by atoms with E-state index in [2.05, 4.69) is 5.10 Å². The fourth-order valence-corrected chi connectivity index (χ4v) is 3.34. The minimum absolute atomic E-state index is 0.285. The molecule has 0 aliphatic carbocycles. The Morgan fingerprint density at radius 3 is 1.84 bits per heavy atom. The van der Waals surface area contributed by atoms with E-state index in [9.17, 15) is 41.2 Å². The molecule has 0 aliphatic rings. The number of imide groups is 1. The molecule has 6 nitrogen and oxygen atoms in total. The first-order valence-electron chi connectivity index (χ1n) is 8.71. The summed E-state index contributed by atoms with van der Waals surface area (Å²) in [5, 5.41) is 11.1. The molecular weight excluding hydrogens is 489 g/mol. The van der Waals surface area contributed by atoms with Crippen LogP contribution >= 0.6 is 23.2 Å². The zero-order chi connectivity index (χ0) is 24.6. The number of anilines is 1. The van der Waals surface area contributed by atoms with Crippen molar-refractivity contribution in [3.63, 3.8) is 0 Å². The predicted molar refractivity (Wildman–Crippen MR) is 101 cm³/mol. The molecule has 14 heteroatoms. The maximum absolute atomic E-state index is 13.6. The molecule has 0 aliphatic heterocycles. The van der Waals surface area contributed by atoms with Crippen molar-refractivity contribution in [1.29, 1.82) is 5.26 Å². The van der Waals surface area contributed by atoms with Crippen molar-refractivity contribution >= 4 is 40.8 Å². The molecule has 2 amide bonds. The van der Waals surface area contributed by atoms with Crippen LogP contribution in [0.2, 0.25) is 10.0 Å². The van der Waals surface area contributed by atoms with Gasteiger partial charge in [0.15, 0.2) is 11.5 Å². The largest absolute Gasteiger partial charge is 0.436 e. The summed E-state index contributed by atoms with van der Waals surface area (Å²) in [7, 11) is 0. The first kappa shape index (κ1) is 25.5. The van der Waals surface area contributed by atoms with Gasteiger partial charge in [0.1, 0.15) is 17.3 Å². The molecule has 0 radical (unpaired) electrons. The fraction of sp³-hybridized carbons (Fsp3) is 0.333. The van der Waals surface area contributed by atoms with Gasteiger partial charge < -0.3 is 0 Å². The Hall–Kier alpha value is -2.78. The highest BCUT2D eigenvalue weighted by Crippen LogP contribution is 2.42. The van der Waals surface area contributed by atoms with E-state index in [1.165, 1.54) is 19.9 Å². The smallest absolute Gasteiger partial charge is 0.274 e. The molecule has 172 valence electrons. The van der Waals surface area contributed by atoms with Gasteiger partial charge in [0.25, 0.3) is 0 Å². The molecule has 1 aromatic heterocycles. The molecule has 0 spiro atoms. The Morgan fingerprint density at radius 1 is 1.03 bits per heavy atom. The van der Waals surface area contributed by atoms with Crippen molar-refractivity contribution < 1.29 is 35.9 Å². The number of carbonyl (C=O) groups excluding carboxylic acids is 2. The number of aromatic nitrogens is 2. The molecule has 0 bridgehead atoms. The predicted octanol–water partition coefficient (Wildman–Crippen LogP) is 5.77. The molecule has 0 atom stereocenters. The van der Waals surface area contributed by atoms with Crippen molar-refractivity contribution in [2.45, 2.75) is 39.0 Å². The molecule has 1 heterocycles. The third-order valence-corrected chi connectivity index (χ3v) is 4.69. The molecule has 0 N–H and O–H groups in total. The Kier molecular flexibility index (Phi) is 7.16. The normalized spacial score (nSPS) is 11.9. The molecule has 0 saturated carbocycles. The van der Waals surface area contributed by atoms with Gasteiger partial charge in [0.05, 0.1) is 15.6 Å². The minimum Gasteiger partial charge on any atom is -0.274 e. The van der Waals surface area contributed by atoms with Gasteiger partial charge in [-0.3, -0.25) is 9.59 Å². The quantitative estimate of drug-likeness (QED) is 0.499. The summed E-state index contributed by atoms with van der Waals surface area (Å²) < 4.78 is 80.1. The molecule has 1 aromatic carbocycles. The second-order valence-corrected chi connectivity index (χ2v) is 7.00. The third-order valence-electron chi connectivity index (χ3n) is 4.11. The van der Waals surface area contributed by atoms with Crippen molar-refractivity contribution in [2.75, 3.05) is 4.90 Å². The van der Waals surface area contributed by atoms with Gasteiger partial charge >= 0.3 is 12.4 Å². The number of amides is 2. The van der Waals surface area contributed by atoms with Crippen LogP contribution in [0.5, 0.6) is 0 Å². The highest BCUT2D eigenvalue weighted by atomic mass is 35.5. The SMILES string of the molecule is CCC(=O)N(C(=O)CC)c1c(C#N)c(C(F)(F)F)nn1-c1c(Cl)cc(C(F)(F)F)cc1Cl. The third kappa shape index (κ3) is 4.68. The first-order chi connectivity index (χ1) is 14.7. The number of hydrogen-bond acceptors (Lipinski definition) is 4. The number of carbonyl (C=O) groups is 2. The lowest BCUT2D eigenvalue weighted by molar-refractivity contribution is -0.141. The van der Waals surface area contributed by atoms with Gasteiger partial charge in [-0.05, 0) is 12.1 Å². The second-order valence-electron chi connectivity index (χ2n) is 6.18. The minimum atomic E-state index is -5.22. The summed E-state index contributed by atoms with van der Waals surface area (Å²) in [4.78, 5) is 25.2. The standard InChI is InChI=1S/C18H12Cl2F6N4O2/c1-3-12(31)29(13(32)4-2)16-9(7-27)15(18(24,25)26)28-30(16)14-10(19)5-8(6-11(14)20)17(21,22)23/h5-6H,3-4H2,1-2H3. The summed E-state index contributed by atoms with van der Waals surface area (Å²) in [5.74, 6) is -2.90. The Morgan fingerprint density at radius 2 is 1.50 bits per heavy atom. The summed E-state index contributed by atoms with van der Waals surface area (Å²) in [6.07, 6.45) is -10.8. The van der Waals surface area contributed by atoms with Crippen LogP contribution in [0.1, 0.15) is 43.5 Å². The lowest BCUT2D eigenvalue weighted by Gasteiger charge is -2.22. The van der Waals surface area contributed by atoms with Crippen molar-refractivity contribution in [2.24, 2.45) is 0 Å². The van der Waals surface area contributed by atoms with E-state index in [0.29, 0.717) is 17.0 Å². The number of halogens is 8. The van der Waals surface area contributed by atoms with Crippen LogP contribution in [-0.4, -0.2) is 21.6 Å². The second kappa shape index (κ2) is 8.99. The van der Waals surface area contributed by atoms with E-state index in [1.54, 1.807) is 0 Å². The number of benzene rings is 1. The van der Waals surface area contributed by atoms with Gasteiger partial charge in [-0.2, -0.15) is 36.7 Å². The molecule has 0 fully saturated rings. The zero-order valence-corrected chi connectivity index (χ0v) is 17.7. The Labute approximate surface area is 186 Å². The van der Waals surface area contributed by atoms with E-state index in [-0.39, 0.29) is 17.5 Å². The topological polar surface area (TPSA) is 79.0 Å². The summed E-state index contributed by atoms with van der Waals surface area (Å²) >= 11 is 11.8. The van der Waals surface area contributed by atoms with Crippen LogP contribution < -0.4 is 4.90 Å². The number of nitrogens with zero attached hydrogens (tertiary/aromatic N) is 4. The zero-order valence-electron chi connectivity index (χ0n) is 16.2. The summed E-state index contributed by atoms with van der Waals surface area (Å²) in [6, 6.07) is 2.04. The Balaban J connectivity index is 3.02. The van der Waals surface area contributed by atoms with E-state index < -0.39 is 62.5 Å². The van der Waals surface area contributed by atoms with E-state index >= 15 is 0 Å². The first-order valence-corrected chi connectivity index (χ1v) is 9.47. The van der Waals surface area contributed by atoms with Crippen LogP contribution in [0.15, 0.2) is 12.1 Å². The molecular formula is C18H12Cl2F6N4O2. The van der Waals surface area contributed by atoms with Crippen molar-refractivity contribution in [3.05, 3.63) is 39.0 Å². The highest BCUT2D eigenvalue weighted by molar-refractivity contribution is 6.38. The number of hydrogen-bond donors (Lipinski definition) is 0. The molecule has 0 saturated heterocycles. The molecule has 2 rings (SSSR count). The van der Waals surface area contributed by atoms with E-state index in [4.69, 9.17) is 23.2 Å². The van der Waals surface area contributed by atoms with E-state index in [1.807, 2.05) is 0 Å². The van der Waals surface area contributed by atoms with Gasteiger partial charge in [0, 0.05) is 12.8 Å². The van der Waals surface area contributed by atoms with Crippen molar-refractivity contribution in [1.82, 2.24) is 9.78 Å². The van der Waals surface area contributed by atoms with Crippen LogP contribution in [-0.2, 0) is 21.9 Å². The highest BCUT2D eigenvalue weighted by Gasteiger charge is 2.43. The maximum atomic E-state index is 13.6.